The molecule has 1 N–H and O–H groups in total. The Balaban J connectivity index is 1.19. The number of hydrogen-bond acceptors (Lipinski definition) is 1. The summed E-state index contributed by atoms with van der Waals surface area (Å²) in [7, 11) is 0. The van der Waals surface area contributed by atoms with E-state index < -0.39 is 0 Å². The molecule has 0 aliphatic heterocycles. The molecule has 200 valence electrons. The molecule has 0 aromatic heterocycles. The first-order chi connectivity index (χ1) is 20.6. The van der Waals surface area contributed by atoms with E-state index in [1.54, 1.807) is 0 Å². The van der Waals surface area contributed by atoms with E-state index in [1.165, 1.54) is 66.1 Å². The van der Waals surface area contributed by atoms with Crippen LogP contribution in [0.1, 0.15) is 25.0 Å². The summed E-state index contributed by atoms with van der Waals surface area (Å²) in [5.74, 6) is 0. The molecule has 0 saturated carbocycles. The Morgan fingerprint density at radius 1 is 0.452 bits per heavy atom. The maximum absolute atomic E-state index is 3.75. The maximum Gasteiger partial charge on any atom is 0.0467 e. The molecule has 1 aliphatic rings. The van der Waals surface area contributed by atoms with E-state index in [0.29, 0.717) is 0 Å². The van der Waals surface area contributed by atoms with E-state index in [-0.39, 0.29) is 5.41 Å². The Morgan fingerprint density at radius 2 is 1.07 bits per heavy atom. The fourth-order valence-corrected chi connectivity index (χ4v) is 6.92. The highest BCUT2D eigenvalue weighted by Gasteiger charge is 2.36. The van der Waals surface area contributed by atoms with Crippen molar-refractivity contribution in [2.75, 3.05) is 5.32 Å². The normalized spacial score (nSPS) is 13.2. The lowest BCUT2D eigenvalue weighted by molar-refractivity contribution is 0.660. The van der Waals surface area contributed by atoms with E-state index in [9.17, 15) is 0 Å². The highest BCUT2D eigenvalue weighted by molar-refractivity contribution is 6.07. The molecule has 0 bridgehead atoms. The number of fused-ring (bicyclic) bond motifs is 5. The van der Waals surface area contributed by atoms with Gasteiger partial charge in [0.05, 0.1) is 0 Å². The van der Waals surface area contributed by atoms with Gasteiger partial charge in [0.25, 0.3) is 0 Å². The van der Waals surface area contributed by atoms with Gasteiger partial charge in [-0.1, -0.05) is 129 Å². The molecule has 0 unspecified atom stereocenters. The summed E-state index contributed by atoms with van der Waals surface area (Å²) in [6.45, 7) is 4.65. The number of hydrogen-bond donors (Lipinski definition) is 1. The lowest BCUT2D eigenvalue weighted by Gasteiger charge is -2.21. The van der Waals surface area contributed by atoms with Gasteiger partial charge in [-0.2, -0.15) is 0 Å². The van der Waals surface area contributed by atoms with Crippen molar-refractivity contribution in [1.29, 1.82) is 0 Å². The van der Waals surface area contributed by atoms with Crippen LogP contribution in [0.4, 0.5) is 11.4 Å². The standard InChI is InChI=1S/C41H31N/c1-41(2)37-18-8-7-16-35(37)40-38(41)19-10-20-39(40)42-31-23-21-27(22-24-31)30-25-29-12-4-6-15-33(29)36(26-30)34-17-9-13-28-11-3-5-14-32(28)34/h3-26,42H,1-2H3. The number of benzene rings is 7. The summed E-state index contributed by atoms with van der Waals surface area (Å²) in [6.07, 6.45) is 0. The van der Waals surface area contributed by atoms with Crippen LogP contribution in [0.25, 0.3) is 54.9 Å². The minimum Gasteiger partial charge on any atom is -0.355 e. The topological polar surface area (TPSA) is 12.0 Å². The van der Waals surface area contributed by atoms with Gasteiger partial charge in [-0.3, -0.25) is 0 Å². The summed E-state index contributed by atoms with van der Waals surface area (Å²) >= 11 is 0. The molecule has 0 radical (unpaired) electrons. The van der Waals surface area contributed by atoms with Crippen LogP contribution < -0.4 is 5.32 Å². The minimum absolute atomic E-state index is 0.00859. The fraction of sp³-hybridized carbons (Fsp3) is 0.0732. The summed E-state index contributed by atoms with van der Waals surface area (Å²) in [4.78, 5) is 0. The average molecular weight is 538 g/mol. The first kappa shape index (κ1) is 24.6. The zero-order valence-corrected chi connectivity index (χ0v) is 23.9. The summed E-state index contributed by atoms with van der Waals surface area (Å²) < 4.78 is 0. The molecule has 0 atom stereocenters. The van der Waals surface area contributed by atoms with Crippen LogP contribution in [0.15, 0.2) is 146 Å². The second-order valence-corrected chi connectivity index (χ2v) is 11.9. The smallest absolute Gasteiger partial charge is 0.0467 e. The average Bonchev–Trinajstić information content (AvgIpc) is 3.28. The van der Waals surface area contributed by atoms with Crippen molar-refractivity contribution < 1.29 is 0 Å². The predicted octanol–water partition coefficient (Wildman–Crippen LogP) is 11.4. The lowest BCUT2D eigenvalue weighted by atomic mass is 9.82. The highest BCUT2D eigenvalue weighted by Crippen LogP contribution is 2.51. The first-order valence-corrected chi connectivity index (χ1v) is 14.7. The molecule has 0 spiro atoms. The van der Waals surface area contributed by atoms with Crippen LogP contribution in [0, 0.1) is 0 Å². The van der Waals surface area contributed by atoms with Crippen LogP contribution in [-0.2, 0) is 5.41 Å². The van der Waals surface area contributed by atoms with Crippen LogP contribution in [0.3, 0.4) is 0 Å². The Bertz CT molecular complexity index is 2130. The first-order valence-electron chi connectivity index (χ1n) is 14.7. The summed E-state index contributed by atoms with van der Waals surface area (Å²) in [5, 5.41) is 8.82. The van der Waals surface area contributed by atoms with Crippen molar-refractivity contribution >= 4 is 32.9 Å². The van der Waals surface area contributed by atoms with E-state index in [0.717, 1.165) is 11.4 Å². The van der Waals surface area contributed by atoms with Crippen molar-refractivity contribution in [3.05, 3.63) is 157 Å². The van der Waals surface area contributed by atoms with Gasteiger partial charge in [-0.15, -0.1) is 0 Å². The van der Waals surface area contributed by atoms with Gasteiger partial charge in [0.1, 0.15) is 0 Å². The molecule has 8 rings (SSSR count). The van der Waals surface area contributed by atoms with Crippen LogP contribution in [0.2, 0.25) is 0 Å². The van der Waals surface area contributed by atoms with Gasteiger partial charge >= 0.3 is 0 Å². The number of rotatable bonds is 4. The molecule has 0 heterocycles. The molecule has 1 aliphatic carbocycles. The van der Waals surface area contributed by atoms with Crippen molar-refractivity contribution in [1.82, 2.24) is 0 Å². The Kier molecular flexibility index (Phi) is 5.55. The molecule has 7 aromatic carbocycles. The second kappa shape index (κ2) is 9.46. The van der Waals surface area contributed by atoms with Gasteiger partial charge in [0.15, 0.2) is 0 Å². The molecule has 7 aromatic rings. The van der Waals surface area contributed by atoms with Crippen LogP contribution in [-0.4, -0.2) is 0 Å². The zero-order valence-electron chi connectivity index (χ0n) is 23.9. The molecule has 1 heteroatoms. The van der Waals surface area contributed by atoms with Crippen LogP contribution >= 0.6 is 0 Å². The Morgan fingerprint density at radius 3 is 1.90 bits per heavy atom. The molecule has 0 fully saturated rings. The van der Waals surface area contributed by atoms with E-state index >= 15 is 0 Å². The Labute approximate surface area is 247 Å². The van der Waals surface area contributed by atoms with Crippen molar-refractivity contribution in [3.63, 3.8) is 0 Å². The maximum atomic E-state index is 3.75. The largest absolute Gasteiger partial charge is 0.355 e. The van der Waals surface area contributed by atoms with Crippen molar-refractivity contribution in [2.45, 2.75) is 19.3 Å². The molecular formula is C41H31N. The summed E-state index contributed by atoms with van der Waals surface area (Å²) in [6, 6.07) is 53.0. The minimum atomic E-state index is -0.00859. The third-order valence-corrected chi connectivity index (χ3v) is 9.05. The van der Waals surface area contributed by atoms with Gasteiger partial charge in [-0.05, 0) is 90.8 Å². The van der Waals surface area contributed by atoms with Crippen molar-refractivity contribution in [3.8, 4) is 33.4 Å². The molecule has 0 amide bonds. The predicted molar refractivity (Wildman–Crippen MR) is 180 cm³/mol. The fourth-order valence-electron chi connectivity index (χ4n) is 6.92. The quantitative estimate of drug-likeness (QED) is 0.235. The van der Waals surface area contributed by atoms with Gasteiger partial charge < -0.3 is 5.32 Å². The SMILES string of the molecule is CC1(C)c2ccccc2-c2c(Nc3ccc(-c4cc(-c5cccc6ccccc56)c5ccccc5c4)cc3)cccc21. The molecule has 42 heavy (non-hydrogen) atoms. The lowest BCUT2D eigenvalue weighted by Crippen LogP contribution is -2.14. The second-order valence-electron chi connectivity index (χ2n) is 11.9. The highest BCUT2D eigenvalue weighted by atomic mass is 14.9. The van der Waals surface area contributed by atoms with E-state index in [4.69, 9.17) is 0 Å². The van der Waals surface area contributed by atoms with E-state index in [1.807, 2.05) is 0 Å². The van der Waals surface area contributed by atoms with Gasteiger partial charge in [0, 0.05) is 22.4 Å². The third kappa shape index (κ3) is 3.85. The third-order valence-electron chi connectivity index (χ3n) is 9.05. The molecule has 1 nitrogen and oxygen atoms in total. The summed E-state index contributed by atoms with van der Waals surface area (Å²) in [5.41, 5.74) is 12.6. The van der Waals surface area contributed by atoms with E-state index in [2.05, 4.69) is 165 Å². The number of anilines is 2. The van der Waals surface area contributed by atoms with Gasteiger partial charge in [0.2, 0.25) is 0 Å². The molecular weight excluding hydrogens is 506 g/mol. The monoisotopic (exact) mass is 537 g/mol. The van der Waals surface area contributed by atoms with Crippen molar-refractivity contribution in [2.24, 2.45) is 0 Å². The van der Waals surface area contributed by atoms with Gasteiger partial charge in [-0.25, -0.2) is 0 Å². The molecule has 0 saturated heterocycles. The van der Waals surface area contributed by atoms with Crippen LogP contribution in [0.5, 0.6) is 0 Å². The Hall–Kier alpha value is -5.14. The zero-order chi connectivity index (χ0) is 28.3. The number of nitrogens with one attached hydrogen (secondary N) is 1.